The van der Waals surface area contributed by atoms with Crippen LogP contribution in [0, 0.1) is 17.2 Å². The minimum Gasteiger partial charge on any atom is -0.302 e. The fourth-order valence-electron chi connectivity index (χ4n) is 3.28. The summed E-state index contributed by atoms with van der Waals surface area (Å²) in [6.45, 7) is 4.07. The van der Waals surface area contributed by atoms with Gasteiger partial charge in [0, 0.05) is 12.6 Å². The maximum atomic E-state index is 9.20. The highest BCUT2D eigenvalue weighted by molar-refractivity contribution is 5.07. The Balaban J connectivity index is 1.98. The zero-order valence-corrected chi connectivity index (χ0v) is 10.5. The summed E-state index contributed by atoms with van der Waals surface area (Å²) in [5.41, 5.74) is -0.383. The van der Waals surface area contributed by atoms with E-state index < -0.39 is 0 Å². The smallest absolute Gasteiger partial charge is 0.116 e. The number of nitrogens with zero attached hydrogens (tertiary/aromatic N) is 2. The number of hydrogen-bond acceptors (Lipinski definition) is 3. The number of fused-ring (bicyclic) bond motifs is 1. The second-order valence-electron chi connectivity index (χ2n) is 5.56. The molecule has 2 fully saturated rings. The molecule has 2 aliphatic rings. The maximum Gasteiger partial charge on any atom is 0.116 e. The lowest BCUT2D eigenvalue weighted by Gasteiger charge is -2.35. The van der Waals surface area contributed by atoms with Crippen molar-refractivity contribution in [1.82, 2.24) is 10.2 Å². The van der Waals surface area contributed by atoms with E-state index >= 15 is 0 Å². The molecule has 1 saturated carbocycles. The highest BCUT2D eigenvalue weighted by Crippen LogP contribution is 2.36. The van der Waals surface area contributed by atoms with Crippen molar-refractivity contribution in [3.05, 3.63) is 0 Å². The Kier molecular flexibility index (Phi) is 3.51. The minimum atomic E-state index is -0.383. The average molecular weight is 221 g/mol. The summed E-state index contributed by atoms with van der Waals surface area (Å²) >= 11 is 0. The van der Waals surface area contributed by atoms with Gasteiger partial charge in [0.2, 0.25) is 0 Å². The van der Waals surface area contributed by atoms with Crippen LogP contribution in [0.25, 0.3) is 0 Å². The predicted molar refractivity (Wildman–Crippen MR) is 65.0 cm³/mol. The van der Waals surface area contributed by atoms with Gasteiger partial charge in [0.1, 0.15) is 5.54 Å². The van der Waals surface area contributed by atoms with Crippen molar-refractivity contribution in [2.75, 3.05) is 20.1 Å². The first-order valence-corrected chi connectivity index (χ1v) is 6.53. The first-order chi connectivity index (χ1) is 7.68. The Morgan fingerprint density at radius 1 is 1.38 bits per heavy atom. The van der Waals surface area contributed by atoms with Gasteiger partial charge in [0.25, 0.3) is 0 Å². The molecule has 3 heteroatoms. The predicted octanol–water partition coefficient (Wildman–Crippen LogP) is 1.75. The zero-order chi connectivity index (χ0) is 11.6. The molecule has 1 aliphatic carbocycles. The molecule has 0 bridgehead atoms. The maximum absolute atomic E-state index is 9.20. The van der Waals surface area contributed by atoms with E-state index in [-0.39, 0.29) is 5.54 Å². The molecule has 0 aromatic rings. The number of likely N-dealkylation sites (N-methyl/N-ethyl adjacent to an activating group) is 1. The summed E-state index contributed by atoms with van der Waals surface area (Å²) < 4.78 is 0. The van der Waals surface area contributed by atoms with E-state index in [9.17, 15) is 5.26 Å². The number of nitrogens with one attached hydrogen (secondary N) is 1. The second kappa shape index (κ2) is 4.73. The summed E-state index contributed by atoms with van der Waals surface area (Å²) in [5, 5.41) is 12.4. The van der Waals surface area contributed by atoms with Crippen molar-refractivity contribution < 1.29 is 0 Å². The molecule has 1 N–H and O–H groups in total. The molecule has 3 nitrogen and oxygen atoms in total. The largest absolute Gasteiger partial charge is 0.302 e. The molecule has 1 aliphatic heterocycles. The van der Waals surface area contributed by atoms with Crippen LogP contribution in [-0.2, 0) is 0 Å². The molecule has 0 radical (unpaired) electrons. The quantitative estimate of drug-likeness (QED) is 0.789. The third-order valence-electron chi connectivity index (χ3n) is 4.44. The number of rotatable bonds is 3. The summed E-state index contributed by atoms with van der Waals surface area (Å²) in [5.74, 6) is 0.911. The van der Waals surface area contributed by atoms with Crippen molar-refractivity contribution in [2.45, 2.75) is 50.6 Å². The van der Waals surface area contributed by atoms with Crippen LogP contribution in [0.15, 0.2) is 0 Å². The van der Waals surface area contributed by atoms with Crippen LogP contribution < -0.4 is 5.32 Å². The van der Waals surface area contributed by atoms with Gasteiger partial charge in [-0.3, -0.25) is 4.90 Å². The molecule has 0 amide bonds. The van der Waals surface area contributed by atoms with E-state index in [1.54, 1.807) is 0 Å². The van der Waals surface area contributed by atoms with Crippen molar-refractivity contribution in [2.24, 2.45) is 5.92 Å². The first kappa shape index (κ1) is 11.9. The van der Waals surface area contributed by atoms with Gasteiger partial charge in [0.15, 0.2) is 0 Å². The lowest BCUT2D eigenvalue weighted by Crippen LogP contribution is -2.51. The lowest BCUT2D eigenvalue weighted by molar-refractivity contribution is 0.157. The van der Waals surface area contributed by atoms with E-state index in [1.165, 1.54) is 38.6 Å². The zero-order valence-electron chi connectivity index (χ0n) is 10.5. The van der Waals surface area contributed by atoms with E-state index in [0.29, 0.717) is 0 Å². The van der Waals surface area contributed by atoms with Gasteiger partial charge < -0.3 is 5.32 Å². The fourth-order valence-corrected chi connectivity index (χ4v) is 3.28. The monoisotopic (exact) mass is 221 g/mol. The van der Waals surface area contributed by atoms with Crippen LogP contribution in [0.2, 0.25) is 0 Å². The molecule has 0 aromatic carbocycles. The topological polar surface area (TPSA) is 39.1 Å². The van der Waals surface area contributed by atoms with Crippen molar-refractivity contribution in [3.63, 3.8) is 0 Å². The molecule has 3 unspecified atom stereocenters. The Hall–Kier alpha value is -0.590. The highest BCUT2D eigenvalue weighted by Gasteiger charge is 2.38. The molecular formula is C13H23N3. The Bertz CT molecular complexity index is 283. The summed E-state index contributed by atoms with van der Waals surface area (Å²) in [6.07, 6.45) is 6.88. The standard InChI is InChI=1S/C13H23N3/c1-13(9-14,15-2)10-16-8-7-11-5-3-4-6-12(11)16/h11-12,15H,3-8,10H2,1-2H3. The van der Waals surface area contributed by atoms with Crippen LogP contribution in [-0.4, -0.2) is 36.6 Å². The van der Waals surface area contributed by atoms with Crippen molar-refractivity contribution >= 4 is 0 Å². The van der Waals surface area contributed by atoms with Gasteiger partial charge >= 0.3 is 0 Å². The van der Waals surface area contributed by atoms with Gasteiger partial charge in [-0.2, -0.15) is 5.26 Å². The molecule has 3 atom stereocenters. The van der Waals surface area contributed by atoms with Crippen molar-refractivity contribution in [1.29, 1.82) is 5.26 Å². The van der Waals surface area contributed by atoms with Gasteiger partial charge in [-0.25, -0.2) is 0 Å². The highest BCUT2D eigenvalue weighted by atomic mass is 15.2. The molecule has 0 aromatic heterocycles. The SMILES string of the molecule is CNC(C)(C#N)CN1CCC2CCCCC21. The molecule has 16 heavy (non-hydrogen) atoms. The van der Waals surface area contributed by atoms with Crippen LogP contribution >= 0.6 is 0 Å². The molecule has 2 rings (SSSR count). The Morgan fingerprint density at radius 2 is 2.12 bits per heavy atom. The minimum absolute atomic E-state index is 0.383. The third kappa shape index (κ3) is 2.23. The van der Waals surface area contributed by atoms with Gasteiger partial charge in [-0.1, -0.05) is 12.8 Å². The van der Waals surface area contributed by atoms with Crippen LogP contribution in [0.4, 0.5) is 0 Å². The van der Waals surface area contributed by atoms with E-state index in [0.717, 1.165) is 18.5 Å². The average Bonchev–Trinajstić information content (AvgIpc) is 2.73. The van der Waals surface area contributed by atoms with Crippen molar-refractivity contribution in [3.8, 4) is 6.07 Å². The van der Waals surface area contributed by atoms with Crippen LogP contribution in [0.5, 0.6) is 0 Å². The van der Waals surface area contributed by atoms with Crippen LogP contribution in [0.3, 0.4) is 0 Å². The first-order valence-electron chi connectivity index (χ1n) is 6.53. The van der Waals surface area contributed by atoms with Gasteiger partial charge in [0.05, 0.1) is 6.07 Å². The van der Waals surface area contributed by atoms with E-state index in [2.05, 4.69) is 16.3 Å². The fraction of sp³-hybridized carbons (Fsp3) is 0.923. The third-order valence-corrected chi connectivity index (χ3v) is 4.44. The number of likely N-dealkylation sites (tertiary alicyclic amines) is 1. The summed E-state index contributed by atoms with van der Waals surface area (Å²) in [4.78, 5) is 2.55. The summed E-state index contributed by atoms with van der Waals surface area (Å²) in [7, 11) is 1.89. The molecule has 90 valence electrons. The number of hydrogen-bond donors (Lipinski definition) is 1. The van der Waals surface area contributed by atoms with E-state index in [4.69, 9.17) is 0 Å². The normalized spacial score (nSPS) is 34.1. The second-order valence-corrected chi connectivity index (χ2v) is 5.56. The van der Waals surface area contributed by atoms with Gasteiger partial charge in [-0.05, 0) is 45.7 Å². The van der Waals surface area contributed by atoms with Gasteiger partial charge in [-0.15, -0.1) is 0 Å². The lowest BCUT2D eigenvalue weighted by atomic mass is 9.85. The Morgan fingerprint density at radius 3 is 2.81 bits per heavy atom. The summed E-state index contributed by atoms with van der Waals surface area (Å²) in [6, 6.07) is 3.16. The van der Waals surface area contributed by atoms with E-state index in [1.807, 2.05) is 14.0 Å². The molecule has 1 heterocycles. The molecule has 1 saturated heterocycles. The Labute approximate surface area is 98.8 Å². The number of nitriles is 1. The molecular weight excluding hydrogens is 198 g/mol. The van der Waals surface area contributed by atoms with Crippen LogP contribution in [0.1, 0.15) is 39.0 Å². The molecule has 0 spiro atoms.